The number of fused-ring (bicyclic) bond motifs is 1. The van der Waals surface area contributed by atoms with Gasteiger partial charge >= 0.3 is 0 Å². The summed E-state index contributed by atoms with van der Waals surface area (Å²) in [6.45, 7) is 2.26. The third kappa shape index (κ3) is 1.98. The first-order valence-electron chi connectivity index (χ1n) is 5.91. The van der Waals surface area contributed by atoms with Crippen molar-refractivity contribution in [3.63, 3.8) is 0 Å². The Kier molecular flexibility index (Phi) is 2.88. The molecule has 0 bridgehead atoms. The minimum atomic E-state index is -0.607. The molecule has 0 saturated carbocycles. The van der Waals surface area contributed by atoms with Crippen molar-refractivity contribution in [1.82, 2.24) is 0 Å². The van der Waals surface area contributed by atoms with Crippen LogP contribution in [0.1, 0.15) is 18.8 Å². The summed E-state index contributed by atoms with van der Waals surface area (Å²) < 4.78 is 17.0. The van der Waals surface area contributed by atoms with Gasteiger partial charge in [0.1, 0.15) is 18.3 Å². The van der Waals surface area contributed by atoms with Crippen LogP contribution >= 0.6 is 0 Å². The molecule has 0 aromatic heterocycles. The molecule has 1 N–H and O–H groups in total. The van der Waals surface area contributed by atoms with Gasteiger partial charge in [0.05, 0.1) is 12.7 Å². The van der Waals surface area contributed by atoms with E-state index in [-0.39, 0.29) is 18.3 Å². The minimum absolute atomic E-state index is 0.0443. The second kappa shape index (κ2) is 4.38. The highest BCUT2D eigenvalue weighted by Crippen LogP contribution is 2.36. The SMILES string of the molecule is CC1OCC(O)[C@H]2O[C@@H](c3ccccc3)O[C@H]12. The fourth-order valence-electron chi connectivity index (χ4n) is 2.37. The van der Waals surface area contributed by atoms with Gasteiger partial charge in [0, 0.05) is 5.56 Å². The van der Waals surface area contributed by atoms with Gasteiger partial charge in [-0.1, -0.05) is 30.3 Å². The molecule has 1 aromatic rings. The number of aliphatic hydroxyl groups excluding tert-OH is 1. The third-order valence-electron chi connectivity index (χ3n) is 3.33. The zero-order valence-electron chi connectivity index (χ0n) is 9.65. The van der Waals surface area contributed by atoms with Crippen LogP contribution in [-0.2, 0) is 14.2 Å². The Morgan fingerprint density at radius 3 is 2.53 bits per heavy atom. The van der Waals surface area contributed by atoms with Crippen molar-refractivity contribution in [3.05, 3.63) is 35.9 Å². The summed E-state index contributed by atoms with van der Waals surface area (Å²) >= 11 is 0. The van der Waals surface area contributed by atoms with Gasteiger partial charge in [0.25, 0.3) is 0 Å². The van der Waals surface area contributed by atoms with Crippen LogP contribution in [0.2, 0.25) is 0 Å². The molecule has 0 amide bonds. The fourth-order valence-corrected chi connectivity index (χ4v) is 2.37. The molecule has 4 heteroatoms. The summed E-state index contributed by atoms with van der Waals surface area (Å²) in [5, 5.41) is 9.83. The molecule has 0 aliphatic carbocycles. The number of ether oxygens (including phenoxy) is 3. The van der Waals surface area contributed by atoms with Crippen LogP contribution in [0.4, 0.5) is 0 Å². The van der Waals surface area contributed by atoms with Crippen LogP contribution in [0.25, 0.3) is 0 Å². The van der Waals surface area contributed by atoms with E-state index >= 15 is 0 Å². The quantitative estimate of drug-likeness (QED) is 0.797. The molecule has 2 fully saturated rings. The van der Waals surface area contributed by atoms with Crippen molar-refractivity contribution in [2.75, 3.05) is 6.61 Å². The Morgan fingerprint density at radius 2 is 1.82 bits per heavy atom. The van der Waals surface area contributed by atoms with E-state index in [2.05, 4.69) is 0 Å². The van der Waals surface area contributed by atoms with Gasteiger partial charge < -0.3 is 19.3 Å². The molecule has 5 atom stereocenters. The molecule has 17 heavy (non-hydrogen) atoms. The van der Waals surface area contributed by atoms with Crippen LogP contribution in [0.15, 0.2) is 30.3 Å². The van der Waals surface area contributed by atoms with E-state index in [9.17, 15) is 5.11 Å². The van der Waals surface area contributed by atoms with Crippen molar-refractivity contribution >= 4 is 0 Å². The normalized spacial score (nSPS) is 41.2. The van der Waals surface area contributed by atoms with Crippen molar-refractivity contribution in [1.29, 1.82) is 0 Å². The lowest BCUT2D eigenvalue weighted by Crippen LogP contribution is -2.50. The van der Waals surface area contributed by atoms with Crippen molar-refractivity contribution in [3.8, 4) is 0 Å². The number of hydrogen-bond acceptors (Lipinski definition) is 4. The second-order valence-corrected chi connectivity index (χ2v) is 4.55. The Balaban J connectivity index is 1.80. The monoisotopic (exact) mass is 236 g/mol. The Bertz CT molecular complexity index is 362. The molecule has 1 aromatic carbocycles. The van der Waals surface area contributed by atoms with Crippen LogP contribution in [0, 0.1) is 0 Å². The number of hydrogen-bond donors (Lipinski definition) is 1. The molecule has 0 spiro atoms. The van der Waals surface area contributed by atoms with Crippen molar-refractivity contribution in [2.45, 2.75) is 37.6 Å². The van der Waals surface area contributed by atoms with Gasteiger partial charge in [-0.25, -0.2) is 0 Å². The highest BCUT2D eigenvalue weighted by Gasteiger charge is 2.47. The van der Waals surface area contributed by atoms with Crippen LogP contribution in [0.3, 0.4) is 0 Å². The maximum atomic E-state index is 9.83. The van der Waals surface area contributed by atoms with Crippen LogP contribution in [0.5, 0.6) is 0 Å². The Morgan fingerprint density at radius 1 is 1.12 bits per heavy atom. The Hall–Kier alpha value is -0.940. The molecular weight excluding hydrogens is 220 g/mol. The highest BCUT2D eigenvalue weighted by molar-refractivity contribution is 5.17. The average molecular weight is 236 g/mol. The molecule has 2 saturated heterocycles. The lowest BCUT2D eigenvalue weighted by molar-refractivity contribution is -0.136. The first-order chi connectivity index (χ1) is 8.25. The molecule has 4 nitrogen and oxygen atoms in total. The molecule has 2 aliphatic heterocycles. The first kappa shape index (κ1) is 11.2. The molecule has 2 heterocycles. The summed E-state index contributed by atoms with van der Waals surface area (Å²) in [5.41, 5.74) is 0.973. The Labute approximate surface area is 100 Å². The molecule has 2 aliphatic rings. The van der Waals surface area contributed by atoms with E-state index in [4.69, 9.17) is 14.2 Å². The largest absolute Gasteiger partial charge is 0.388 e. The lowest BCUT2D eigenvalue weighted by atomic mass is 10.0. The summed E-state index contributed by atoms with van der Waals surface area (Å²) in [5.74, 6) is 0. The van der Waals surface area contributed by atoms with Crippen molar-refractivity contribution in [2.24, 2.45) is 0 Å². The number of benzene rings is 1. The van der Waals surface area contributed by atoms with E-state index in [0.717, 1.165) is 5.56 Å². The maximum Gasteiger partial charge on any atom is 0.184 e. The van der Waals surface area contributed by atoms with Gasteiger partial charge in [-0.3, -0.25) is 0 Å². The first-order valence-corrected chi connectivity index (χ1v) is 5.91. The van der Waals surface area contributed by atoms with Gasteiger partial charge in [-0.05, 0) is 6.92 Å². The van der Waals surface area contributed by atoms with E-state index in [1.54, 1.807) is 0 Å². The van der Waals surface area contributed by atoms with E-state index in [0.29, 0.717) is 6.61 Å². The third-order valence-corrected chi connectivity index (χ3v) is 3.33. The zero-order valence-corrected chi connectivity index (χ0v) is 9.65. The van der Waals surface area contributed by atoms with Gasteiger partial charge in [-0.15, -0.1) is 0 Å². The van der Waals surface area contributed by atoms with Crippen LogP contribution < -0.4 is 0 Å². The molecule has 0 radical (unpaired) electrons. The number of aliphatic hydroxyl groups is 1. The maximum absolute atomic E-state index is 9.83. The highest BCUT2D eigenvalue weighted by atomic mass is 16.7. The predicted molar refractivity (Wildman–Crippen MR) is 60.3 cm³/mol. The molecule has 3 rings (SSSR count). The van der Waals surface area contributed by atoms with Crippen LogP contribution in [-0.4, -0.2) is 36.1 Å². The van der Waals surface area contributed by atoms with Crippen molar-refractivity contribution < 1.29 is 19.3 Å². The van der Waals surface area contributed by atoms with Gasteiger partial charge in [-0.2, -0.15) is 0 Å². The number of rotatable bonds is 1. The smallest absolute Gasteiger partial charge is 0.184 e. The molecule has 2 unspecified atom stereocenters. The van der Waals surface area contributed by atoms with E-state index in [1.165, 1.54) is 0 Å². The standard InChI is InChI=1S/C13H16O4/c1-8-11-12(10(14)7-15-8)17-13(16-11)9-5-3-2-4-6-9/h2-6,8,10-14H,7H2,1H3/t8?,10?,11-,12-,13+/m1/s1. The predicted octanol–water partition coefficient (Wildman–Crippen LogP) is 1.25. The van der Waals surface area contributed by atoms with E-state index < -0.39 is 12.4 Å². The topological polar surface area (TPSA) is 47.9 Å². The fraction of sp³-hybridized carbons (Fsp3) is 0.538. The lowest BCUT2D eigenvalue weighted by Gasteiger charge is -2.32. The summed E-state index contributed by atoms with van der Waals surface area (Å²) in [6.07, 6.45) is -1.53. The summed E-state index contributed by atoms with van der Waals surface area (Å²) in [4.78, 5) is 0. The second-order valence-electron chi connectivity index (χ2n) is 4.55. The molecule has 92 valence electrons. The van der Waals surface area contributed by atoms with Gasteiger partial charge in [0.15, 0.2) is 6.29 Å². The zero-order chi connectivity index (χ0) is 11.8. The average Bonchev–Trinajstić information content (AvgIpc) is 2.81. The summed E-state index contributed by atoms with van der Waals surface area (Å²) in [7, 11) is 0. The minimum Gasteiger partial charge on any atom is -0.388 e. The van der Waals surface area contributed by atoms with E-state index in [1.807, 2.05) is 37.3 Å². The van der Waals surface area contributed by atoms with Gasteiger partial charge in [0.2, 0.25) is 0 Å². The summed E-state index contributed by atoms with van der Waals surface area (Å²) in [6, 6.07) is 9.76. The molecular formula is C13H16O4.